The Hall–Kier alpha value is -3.57. The lowest BCUT2D eigenvalue weighted by atomic mass is 9.92. The Bertz CT molecular complexity index is 1120. The van der Waals surface area contributed by atoms with Gasteiger partial charge in [-0.2, -0.15) is 15.4 Å². The lowest BCUT2D eigenvalue weighted by molar-refractivity contribution is -0.274. The van der Waals surface area contributed by atoms with Gasteiger partial charge in [-0.05, 0) is 48.4 Å². The van der Waals surface area contributed by atoms with Crippen LogP contribution in [0, 0.1) is 11.8 Å². The maximum Gasteiger partial charge on any atom is 0.573 e. The summed E-state index contributed by atoms with van der Waals surface area (Å²) in [5.41, 5.74) is 2.36. The van der Waals surface area contributed by atoms with Crippen molar-refractivity contribution in [3.63, 3.8) is 0 Å². The minimum Gasteiger partial charge on any atom is -0.406 e. The van der Waals surface area contributed by atoms with E-state index >= 15 is 0 Å². The number of hydrogen-bond acceptors (Lipinski definition) is 5. The monoisotopic (exact) mass is 504 g/mol. The van der Waals surface area contributed by atoms with Gasteiger partial charge in [0.15, 0.2) is 0 Å². The van der Waals surface area contributed by atoms with E-state index in [0.717, 1.165) is 24.2 Å². The van der Waals surface area contributed by atoms with Gasteiger partial charge in [-0.3, -0.25) is 4.79 Å². The van der Waals surface area contributed by atoms with Crippen molar-refractivity contribution in [2.75, 3.05) is 32.7 Å². The van der Waals surface area contributed by atoms with Crippen LogP contribution in [0.15, 0.2) is 30.3 Å². The highest BCUT2D eigenvalue weighted by molar-refractivity contribution is 5.91. The molecule has 0 unspecified atom stereocenters. The highest BCUT2D eigenvalue weighted by Crippen LogP contribution is 2.33. The molecule has 0 saturated carbocycles. The van der Waals surface area contributed by atoms with Gasteiger partial charge >= 0.3 is 12.4 Å². The number of ether oxygens (including phenoxy) is 1. The number of rotatable bonds is 3. The zero-order valence-electron chi connectivity index (χ0n) is 19.6. The fourth-order valence-corrected chi connectivity index (χ4v) is 5.24. The van der Waals surface area contributed by atoms with Crippen LogP contribution in [-0.2, 0) is 17.8 Å². The van der Waals surface area contributed by atoms with Crippen LogP contribution in [0.2, 0.25) is 0 Å². The van der Waals surface area contributed by atoms with Gasteiger partial charge < -0.3 is 19.4 Å². The Morgan fingerprint density at radius 3 is 2.28 bits per heavy atom. The van der Waals surface area contributed by atoms with Gasteiger partial charge in [-0.15, -0.1) is 13.2 Å². The summed E-state index contributed by atoms with van der Waals surface area (Å²) in [6.45, 7) is 3.71. The summed E-state index contributed by atoms with van der Waals surface area (Å²) in [6.07, 6.45) is 0.651. The number of nitrogens with zero attached hydrogens (tertiary/aromatic N) is 5. The fourth-order valence-electron chi connectivity index (χ4n) is 5.24. The Labute approximate surface area is 205 Å². The van der Waals surface area contributed by atoms with Crippen LogP contribution in [0.4, 0.5) is 18.0 Å². The van der Waals surface area contributed by atoms with Crippen LogP contribution in [-0.4, -0.2) is 81.1 Å². The standard InChI is InChI=1S/C24H27F3N6O3/c25-24(26,27)36-19-4-1-16(2-5-19)3-6-22(34)31-10-7-17-13-33(14-18(17)8-11-31)23(35)32-12-9-20-21(15-32)29-30-28-20/h1-6,17-18H,7-15H2,(H,28,29,30)/b6-3+/t17-,18+. The van der Waals surface area contributed by atoms with Crippen LogP contribution < -0.4 is 4.74 Å². The minimum absolute atomic E-state index is 0.0410. The van der Waals surface area contributed by atoms with Crippen LogP contribution >= 0.6 is 0 Å². The number of hydrogen-bond donors (Lipinski definition) is 1. The molecule has 0 bridgehead atoms. The quantitative estimate of drug-likeness (QED) is 0.649. The molecule has 3 amide bonds. The molecule has 12 heteroatoms. The average molecular weight is 505 g/mol. The van der Waals surface area contributed by atoms with Gasteiger partial charge in [0.05, 0.1) is 12.2 Å². The number of nitrogens with one attached hydrogen (secondary N) is 1. The maximum absolute atomic E-state index is 13.1. The molecule has 0 radical (unpaired) electrons. The molecule has 2 atom stereocenters. The van der Waals surface area contributed by atoms with Gasteiger partial charge in [0.25, 0.3) is 0 Å². The maximum atomic E-state index is 13.1. The number of H-pyrrole nitrogens is 1. The van der Waals surface area contributed by atoms with Crippen molar-refractivity contribution in [2.45, 2.75) is 32.2 Å². The minimum atomic E-state index is -4.74. The highest BCUT2D eigenvalue weighted by atomic mass is 19.4. The first-order valence-corrected chi connectivity index (χ1v) is 12.0. The van der Waals surface area contributed by atoms with Crippen molar-refractivity contribution in [3.05, 3.63) is 47.3 Å². The number of benzene rings is 1. The summed E-state index contributed by atoms with van der Waals surface area (Å²) in [5, 5.41) is 10.9. The molecule has 2 saturated heterocycles. The van der Waals surface area contributed by atoms with E-state index in [-0.39, 0.29) is 17.7 Å². The smallest absolute Gasteiger partial charge is 0.406 e. The number of aromatic amines is 1. The zero-order valence-corrected chi connectivity index (χ0v) is 19.6. The van der Waals surface area contributed by atoms with Crippen LogP contribution in [0.5, 0.6) is 5.75 Å². The molecule has 1 aromatic heterocycles. The third kappa shape index (κ3) is 5.47. The third-order valence-corrected chi connectivity index (χ3v) is 7.16. The number of urea groups is 1. The molecule has 36 heavy (non-hydrogen) atoms. The van der Waals surface area contributed by atoms with Crippen LogP contribution in [0.3, 0.4) is 0 Å². The summed E-state index contributed by atoms with van der Waals surface area (Å²) in [4.78, 5) is 31.4. The summed E-state index contributed by atoms with van der Waals surface area (Å²) >= 11 is 0. The van der Waals surface area contributed by atoms with Crippen molar-refractivity contribution in [2.24, 2.45) is 11.8 Å². The second-order valence-electron chi connectivity index (χ2n) is 9.45. The van der Waals surface area contributed by atoms with Crippen molar-refractivity contribution >= 4 is 18.0 Å². The van der Waals surface area contributed by atoms with E-state index in [1.54, 1.807) is 11.0 Å². The summed E-state index contributed by atoms with van der Waals surface area (Å²) in [6, 6.07) is 5.40. The molecule has 192 valence electrons. The van der Waals surface area contributed by atoms with Crippen LogP contribution in [0.25, 0.3) is 6.08 Å². The molecule has 1 N–H and O–H groups in total. The van der Waals surface area contributed by atoms with E-state index in [2.05, 4.69) is 20.1 Å². The first kappa shape index (κ1) is 24.1. The zero-order chi connectivity index (χ0) is 25.3. The fraction of sp³-hybridized carbons (Fsp3) is 0.500. The van der Waals surface area contributed by atoms with E-state index < -0.39 is 6.36 Å². The topological polar surface area (TPSA) is 94.7 Å². The van der Waals surface area contributed by atoms with Crippen molar-refractivity contribution in [1.29, 1.82) is 0 Å². The van der Waals surface area contributed by atoms with Gasteiger partial charge in [0, 0.05) is 45.2 Å². The van der Waals surface area contributed by atoms with E-state index in [1.165, 1.54) is 30.3 Å². The molecule has 0 spiro atoms. The summed E-state index contributed by atoms with van der Waals surface area (Å²) in [7, 11) is 0. The number of carbonyl (C=O) groups is 2. The van der Waals surface area contributed by atoms with Crippen molar-refractivity contribution < 1.29 is 27.5 Å². The lowest BCUT2D eigenvalue weighted by Crippen LogP contribution is -2.45. The number of fused-ring (bicyclic) bond motifs is 2. The number of carbonyl (C=O) groups excluding carboxylic acids is 2. The second kappa shape index (κ2) is 9.82. The molecule has 9 nitrogen and oxygen atoms in total. The molecule has 2 fully saturated rings. The molecular weight excluding hydrogens is 477 g/mol. The number of aromatic nitrogens is 3. The average Bonchev–Trinajstić information content (AvgIpc) is 3.44. The van der Waals surface area contributed by atoms with Gasteiger partial charge in [-0.1, -0.05) is 12.1 Å². The Morgan fingerprint density at radius 2 is 1.61 bits per heavy atom. The van der Waals surface area contributed by atoms with Gasteiger partial charge in [0.2, 0.25) is 5.91 Å². The SMILES string of the molecule is O=C(/C=C/c1ccc(OC(F)(F)F)cc1)N1CC[C@@H]2CN(C(=O)N3CCc4n[nH]nc4C3)C[C@@H]2CC1. The molecule has 1 aromatic carbocycles. The van der Waals surface area contributed by atoms with E-state index in [0.29, 0.717) is 63.1 Å². The predicted octanol–water partition coefficient (Wildman–Crippen LogP) is 3.07. The lowest BCUT2D eigenvalue weighted by Gasteiger charge is -2.30. The molecule has 3 aliphatic rings. The van der Waals surface area contributed by atoms with Crippen molar-refractivity contribution in [3.8, 4) is 5.75 Å². The molecule has 2 aromatic rings. The third-order valence-electron chi connectivity index (χ3n) is 7.16. The van der Waals surface area contributed by atoms with Gasteiger partial charge in [-0.25, -0.2) is 4.79 Å². The van der Waals surface area contributed by atoms with E-state index in [1.807, 2.05) is 9.80 Å². The highest BCUT2D eigenvalue weighted by Gasteiger charge is 2.39. The number of alkyl halides is 3. The normalized spacial score (nSPS) is 22.4. The van der Waals surface area contributed by atoms with E-state index in [9.17, 15) is 22.8 Å². The molecule has 3 aliphatic heterocycles. The molecule has 0 aliphatic carbocycles. The number of amides is 3. The molecule has 5 rings (SSSR count). The predicted molar refractivity (Wildman–Crippen MR) is 122 cm³/mol. The van der Waals surface area contributed by atoms with Crippen molar-refractivity contribution in [1.82, 2.24) is 30.1 Å². The first-order valence-electron chi connectivity index (χ1n) is 12.0. The Morgan fingerprint density at radius 1 is 0.944 bits per heavy atom. The summed E-state index contributed by atoms with van der Waals surface area (Å²) < 4.78 is 40.7. The molecular formula is C24H27F3N6O3. The van der Waals surface area contributed by atoms with Gasteiger partial charge in [0.1, 0.15) is 11.4 Å². The first-order chi connectivity index (χ1) is 17.2. The Kier molecular flexibility index (Phi) is 6.59. The number of halogens is 3. The largest absolute Gasteiger partial charge is 0.573 e. The Balaban J connectivity index is 1.11. The van der Waals surface area contributed by atoms with E-state index in [4.69, 9.17) is 0 Å². The summed E-state index contributed by atoms with van der Waals surface area (Å²) in [5.74, 6) is 0.268. The second-order valence-corrected chi connectivity index (χ2v) is 9.45. The number of likely N-dealkylation sites (tertiary alicyclic amines) is 2. The molecule has 4 heterocycles. The van der Waals surface area contributed by atoms with Crippen LogP contribution in [0.1, 0.15) is 29.8 Å².